The van der Waals surface area contributed by atoms with Crippen LogP contribution in [0.15, 0.2) is 24.3 Å². The van der Waals surface area contributed by atoms with Gasteiger partial charge < -0.3 is 15.2 Å². The highest BCUT2D eigenvalue weighted by atomic mass is 16.5. The van der Waals surface area contributed by atoms with E-state index in [1.54, 1.807) is 18.2 Å². The summed E-state index contributed by atoms with van der Waals surface area (Å²) in [5.74, 6) is 0.370. The summed E-state index contributed by atoms with van der Waals surface area (Å²) in [6.07, 6.45) is 2.94. The standard InChI is InChI=1S/C16H17NO4/c18-14(5-8-2-1-3-9(4-8)16(19)20)17-12-7-13-10-6-11(10)15(12)21-13/h1-4,10-13,15H,5-7H2,(H,17,18)(H,19,20)/t10-,11+,12-,13+,15+/m1/s1. The van der Waals surface area contributed by atoms with Gasteiger partial charge in [0.1, 0.15) is 0 Å². The number of aromatic carboxylic acids is 1. The highest BCUT2D eigenvalue weighted by Gasteiger charge is 2.62. The van der Waals surface area contributed by atoms with Crippen LogP contribution >= 0.6 is 0 Å². The van der Waals surface area contributed by atoms with Gasteiger partial charge in [-0.1, -0.05) is 12.1 Å². The maximum absolute atomic E-state index is 12.1. The van der Waals surface area contributed by atoms with E-state index >= 15 is 0 Å². The molecule has 0 unspecified atom stereocenters. The first-order chi connectivity index (χ1) is 10.1. The van der Waals surface area contributed by atoms with Crippen LogP contribution in [0.3, 0.4) is 0 Å². The summed E-state index contributed by atoms with van der Waals surface area (Å²) in [5, 5.41) is 12.0. The molecule has 2 saturated heterocycles. The predicted molar refractivity (Wildman–Crippen MR) is 73.9 cm³/mol. The lowest BCUT2D eigenvalue weighted by Gasteiger charge is -2.20. The van der Waals surface area contributed by atoms with Crippen molar-refractivity contribution < 1.29 is 19.4 Å². The smallest absolute Gasteiger partial charge is 0.335 e. The van der Waals surface area contributed by atoms with Crippen LogP contribution in [-0.4, -0.2) is 35.2 Å². The minimum Gasteiger partial charge on any atom is -0.478 e. The monoisotopic (exact) mass is 287 g/mol. The Labute approximate surface area is 122 Å². The second-order valence-corrected chi connectivity index (χ2v) is 6.29. The van der Waals surface area contributed by atoms with Crippen molar-refractivity contribution in [2.24, 2.45) is 11.8 Å². The van der Waals surface area contributed by atoms with E-state index in [-0.39, 0.29) is 30.0 Å². The molecule has 2 heterocycles. The van der Waals surface area contributed by atoms with Gasteiger partial charge >= 0.3 is 5.97 Å². The molecule has 21 heavy (non-hydrogen) atoms. The average molecular weight is 287 g/mol. The third kappa shape index (κ3) is 2.21. The maximum atomic E-state index is 12.1. The van der Waals surface area contributed by atoms with Gasteiger partial charge in [0.15, 0.2) is 0 Å². The number of carboxylic acid groups (broad SMARTS) is 1. The Bertz CT molecular complexity index is 614. The number of hydrogen-bond acceptors (Lipinski definition) is 3. The van der Waals surface area contributed by atoms with E-state index in [0.717, 1.165) is 17.9 Å². The minimum atomic E-state index is -0.974. The fourth-order valence-electron chi connectivity index (χ4n) is 3.85. The van der Waals surface area contributed by atoms with Crippen LogP contribution in [-0.2, 0) is 16.0 Å². The largest absolute Gasteiger partial charge is 0.478 e. The van der Waals surface area contributed by atoms with Crippen LogP contribution in [0.4, 0.5) is 0 Å². The zero-order valence-electron chi connectivity index (χ0n) is 11.5. The Hall–Kier alpha value is -1.88. The van der Waals surface area contributed by atoms with Crippen LogP contribution in [0.2, 0.25) is 0 Å². The van der Waals surface area contributed by atoms with Gasteiger partial charge in [0.2, 0.25) is 5.91 Å². The van der Waals surface area contributed by atoms with Gasteiger partial charge in [-0.05, 0) is 42.4 Å². The lowest BCUT2D eigenvalue weighted by molar-refractivity contribution is -0.121. The quantitative estimate of drug-likeness (QED) is 0.873. The Morgan fingerprint density at radius 1 is 1.29 bits per heavy atom. The summed E-state index contributed by atoms with van der Waals surface area (Å²) in [6.45, 7) is 0. The molecule has 110 valence electrons. The number of carbonyl (C=O) groups is 2. The molecule has 3 fully saturated rings. The molecule has 2 aliphatic heterocycles. The van der Waals surface area contributed by atoms with Crippen LogP contribution in [0.1, 0.15) is 28.8 Å². The SMILES string of the molecule is O=C(Cc1cccc(C(=O)O)c1)N[C@@H]1C[C@@H]2O[C@H]1[C@H]1C[C@H]12. The predicted octanol–water partition coefficient (Wildman–Crippen LogP) is 1.22. The van der Waals surface area contributed by atoms with E-state index in [1.165, 1.54) is 12.5 Å². The molecule has 1 aliphatic carbocycles. The first-order valence-electron chi connectivity index (χ1n) is 7.39. The number of fused-ring (bicyclic) bond motifs is 5. The van der Waals surface area contributed by atoms with Gasteiger partial charge in [0, 0.05) is 0 Å². The molecule has 0 spiro atoms. The summed E-state index contributed by atoms with van der Waals surface area (Å²) in [7, 11) is 0. The molecule has 5 nitrogen and oxygen atoms in total. The lowest BCUT2D eigenvalue weighted by Crippen LogP contribution is -2.43. The van der Waals surface area contributed by atoms with Crippen LogP contribution in [0.25, 0.3) is 0 Å². The molecule has 2 bridgehead atoms. The third-order valence-corrected chi connectivity index (χ3v) is 4.89. The van der Waals surface area contributed by atoms with Crippen molar-refractivity contribution in [3.63, 3.8) is 0 Å². The highest BCUT2D eigenvalue weighted by molar-refractivity contribution is 5.88. The van der Waals surface area contributed by atoms with Gasteiger partial charge in [-0.3, -0.25) is 4.79 Å². The fourth-order valence-corrected chi connectivity index (χ4v) is 3.85. The van der Waals surface area contributed by atoms with Gasteiger partial charge in [0.05, 0.1) is 30.2 Å². The fraction of sp³-hybridized carbons (Fsp3) is 0.500. The minimum absolute atomic E-state index is 0.0594. The van der Waals surface area contributed by atoms with Crippen molar-refractivity contribution in [2.75, 3.05) is 0 Å². The molecule has 1 saturated carbocycles. The molecular weight excluding hydrogens is 270 g/mol. The summed E-state index contributed by atoms with van der Waals surface area (Å²) in [5.41, 5.74) is 0.935. The van der Waals surface area contributed by atoms with E-state index in [9.17, 15) is 9.59 Å². The average Bonchev–Trinajstić information content (AvgIpc) is 3.06. The normalized spacial score (nSPS) is 35.3. The molecule has 4 rings (SSSR count). The molecule has 5 heteroatoms. The van der Waals surface area contributed by atoms with Crippen LogP contribution < -0.4 is 5.32 Å². The topological polar surface area (TPSA) is 75.6 Å². The highest BCUT2D eigenvalue weighted by Crippen LogP contribution is 2.58. The molecule has 1 aromatic rings. The Kier molecular flexibility index (Phi) is 2.79. The molecule has 1 amide bonds. The number of rotatable bonds is 4. The van der Waals surface area contributed by atoms with E-state index < -0.39 is 5.97 Å². The molecule has 5 atom stereocenters. The number of carbonyl (C=O) groups excluding carboxylic acids is 1. The number of hydrogen-bond donors (Lipinski definition) is 2. The van der Waals surface area contributed by atoms with Crippen LogP contribution in [0, 0.1) is 11.8 Å². The van der Waals surface area contributed by atoms with Gasteiger partial charge in [-0.25, -0.2) is 4.79 Å². The van der Waals surface area contributed by atoms with E-state index in [1.807, 2.05) is 0 Å². The van der Waals surface area contributed by atoms with Gasteiger partial charge in [-0.2, -0.15) is 0 Å². The maximum Gasteiger partial charge on any atom is 0.335 e. The van der Waals surface area contributed by atoms with Crippen molar-refractivity contribution in [1.29, 1.82) is 0 Å². The Morgan fingerprint density at radius 2 is 2.14 bits per heavy atom. The Balaban J connectivity index is 1.38. The number of benzene rings is 1. The number of carboxylic acids is 1. The first kappa shape index (κ1) is 12.8. The number of amides is 1. The third-order valence-electron chi connectivity index (χ3n) is 4.89. The Morgan fingerprint density at radius 3 is 2.86 bits per heavy atom. The first-order valence-corrected chi connectivity index (χ1v) is 7.39. The lowest BCUT2D eigenvalue weighted by atomic mass is 9.95. The number of nitrogens with one attached hydrogen (secondary N) is 1. The van der Waals surface area contributed by atoms with E-state index in [4.69, 9.17) is 9.84 Å². The zero-order chi connectivity index (χ0) is 14.6. The van der Waals surface area contributed by atoms with Crippen LogP contribution in [0.5, 0.6) is 0 Å². The molecule has 3 aliphatic rings. The van der Waals surface area contributed by atoms with Crippen molar-refractivity contribution in [2.45, 2.75) is 37.5 Å². The van der Waals surface area contributed by atoms with E-state index in [2.05, 4.69) is 5.32 Å². The van der Waals surface area contributed by atoms with E-state index in [0.29, 0.717) is 12.0 Å². The second-order valence-electron chi connectivity index (χ2n) is 6.29. The molecular formula is C16H17NO4. The van der Waals surface area contributed by atoms with Crippen molar-refractivity contribution in [3.8, 4) is 0 Å². The summed E-state index contributed by atoms with van der Waals surface area (Å²) >= 11 is 0. The zero-order valence-corrected chi connectivity index (χ0v) is 11.5. The molecule has 2 N–H and O–H groups in total. The van der Waals surface area contributed by atoms with Crippen molar-refractivity contribution >= 4 is 11.9 Å². The summed E-state index contributed by atoms with van der Waals surface area (Å²) < 4.78 is 5.86. The molecule has 0 radical (unpaired) electrons. The molecule has 1 aromatic carbocycles. The second kappa shape index (κ2) is 4.56. The van der Waals surface area contributed by atoms with Crippen molar-refractivity contribution in [3.05, 3.63) is 35.4 Å². The van der Waals surface area contributed by atoms with Crippen molar-refractivity contribution in [1.82, 2.24) is 5.32 Å². The summed E-state index contributed by atoms with van der Waals surface area (Å²) in [6, 6.07) is 6.66. The summed E-state index contributed by atoms with van der Waals surface area (Å²) in [4.78, 5) is 23.1. The van der Waals surface area contributed by atoms with Gasteiger partial charge in [-0.15, -0.1) is 0 Å². The van der Waals surface area contributed by atoms with Gasteiger partial charge in [0.25, 0.3) is 0 Å². The number of ether oxygens (including phenoxy) is 1. The molecule has 0 aromatic heterocycles.